The van der Waals surface area contributed by atoms with Gasteiger partial charge in [0.05, 0.1) is 5.92 Å². The van der Waals surface area contributed by atoms with Crippen LogP contribution in [0.4, 0.5) is 0 Å². The van der Waals surface area contributed by atoms with Crippen LogP contribution in [-0.2, 0) is 28.0 Å². The Morgan fingerprint density at radius 3 is 2.78 bits per heavy atom. The van der Waals surface area contributed by atoms with E-state index in [1.54, 1.807) is 29.8 Å². The zero-order valence-electron chi connectivity index (χ0n) is 17.5. The minimum Gasteiger partial charge on any atom is -0.473 e. The number of benzene rings is 1. The van der Waals surface area contributed by atoms with Crippen molar-refractivity contribution in [2.45, 2.75) is 30.2 Å². The number of amides is 1. The summed E-state index contributed by atoms with van der Waals surface area (Å²) in [5.74, 6) is -0.0137. The molecule has 4 rings (SSSR count). The molecule has 1 saturated heterocycles. The van der Waals surface area contributed by atoms with Crippen LogP contribution in [0.1, 0.15) is 24.0 Å². The smallest absolute Gasteiger partial charge is 0.252 e. The highest BCUT2D eigenvalue weighted by molar-refractivity contribution is 7.91. The molecule has 1 aliphatic heterocycles. The Kier molecular flexibility index (Phi) is 7.19. The first kappa shape index (κ1) is 22.4. The second-order valence-corrected chi connectivity index (χ2v) is 10.7. The largest absolute Gasteiger partial charge is 0.473 e. The summed E-state index contributed by atoms with van der Waals surface area (Å²) in [6.07, 6.45) is 2.98. The standard InChI is InChI=1S/C23H25N3O4S2/c27-23(20-8-4-12-26(16-20)32(28,29)22-9-5-13-31-22)25-15-19-10-11-24-21(14-19)30-17-18-6-2-1-3-7-18/h1-3,5-7,9-11,13-14,20H,4,8,12,15-17H2,(H,25,27). The van der Waals surface area contributed by atoms with Gasteiger partial charge in [0.2, 0.25) is 11.8 Å². The number of hydrogen-bond acceptors (Lipinski definition) is 6. The maximum Gasteiger partial charge on any atom is 0.252 e. The van der Waals surface area contributed by atoms with E-state index in [2.05, 4.69) is 10.3 Å². The lowest BCUT2D eigenvalue weighted by Gasteiger charge is -2.30. The molecule has 32 heavy (non-hydrogen) atoms. The Morgan fingerprint density at radius 2 is 2.00 bits per heavy atom. The third-order valence-corrected chi connectivity index (χ3v) is 8.58. The number of piperidine rings is 1. The number of pyridine rings is 1. The quantitative estimate of drug-likeness (QED) is 0.544. The van der Waals surface area contributed by atoms with E-state index in [4.69, 9.17) is 4.74 Å². The number of ether oxygens (including phenoxy) is 1. The van der Waals surface area contributed by atoms with Crippen molar-refractivity contribution in [1.82, 2.24) is 14.6 Å². The van der Waals surface area contributed by atoms with Crippen molar-refractivity contribution in [2.75, 3.05) is 13.1 Å². The van der Waals surface area contributed by atoms with Gasteiger partial charge in [-0.2, -0.15) is 4.31 Å². The fraction of sp³-hybridized carbons (Fsp3) is 0.304. The Balaban J connectivity index is 1.31. The van der Waals surface area contributed by atoms with Crippen molar-refractivity contribution in [3.05, 3.63) is 77.3 Å². The third kappa shape index (κ3) is 5.53. The highest BCUT2D eigenvalue weighted by Gasteiger charge is 2.33. The number of carbonyl (C=O) groups is 1. The number of rotatable bonds is 8. The first-order valence-corrected chi connectivity index (χ1v) is 12.8. The maximum absolute atomic E-state index is 12.8. The molecule has 1 unspecified atom stereocenters. The van der Waals surface area contributed by atoms with Crippen molar-refractivity contribution in [3.63, 3.8) is 0 Å². The molecule has 168 valence electrons. The fourth-order valence-corrected chi connectivity index (χ4v) is 6.28. The molecule has 1 atom stereocenters. The van der Waals surface area contributed by atoms with Gasteiger partial charge in [0.1, 0.15) is 10.8 Å². The van der Waals surface area contributed by atoms with Crippen LogP contribution in [-0.4, -0.2) is 36.7 Å². The van der Waals surface area contributed by atoms with Gasteiger partial charge in [-0.05, 0) is 41.5 Å². The second-order valence-electron chi connectivity index (χ2n) is 7.63. The molecule has 1 N–H and O–H groups in total. The minimum absolute atomic E-state index is 0.139. The van der Waals surface area contributed by atoms with Crippen molar-refractivity contribution in [2.24, 2.45) is 5.92 Å². The molecule has 0 bridgehead atoms. The summed E-state index contributed by atoms with van der Waals surface area (Å²) >= 11 is 1.20. The van der Waals surface area contributed by atoms with E-state index in [1.165, 1.54) is 15.6 Å². The van der Waals surface area contributed by atoms with Gasteiger partial charge in [-0.1, -0.05) is 36.4 Å². The summed E-state index contributed by atoms with van der Waals surface area (Å²) in [5, 5.41) is 4.68. The van der Waals surface area contributed by atoms with Gasteiger partial charge in [0.25, 0.3) is 10.0 Å². The lowest BCUT2D eigenvalue weighted by Crippen LogP contribution is -2.45. The van der Waals surface area contributed by atoms with E-state index >= 15 is 0 Å². The molecule has 7 nitrogen and oxygen atoms in total. The molecule has 0 spiro atoms. The first-order chi connectivity index (χ1) is 15.5. The molecule has 0 radical (unpaired) electrons. The molecule has 1 fully saturated rings. The molecule has 1 aromatic carbocycles. The van der Waals surface area contributed by atoms with Crippen LogP contribution in [0.3, 0.4) is 0 Å². The van der Waals surface area contributed by atoms with Gasteiger partial charge >= 0.3 is 0 Å². The Morgan fingerprint density at radius 1 is 1.16 bits per heavy atom. The topological polar surface area (TPSA) is 88.6 Å². The molecule has 0 saturated carbocycles. The number of carbonyl (C=O) groups excluding carboxylic acids is 1. The molecule has 3 heterocycles. The zero-order chi connectivity index (χ0) is 22.4. The number of hydrogen-bond donors (Lipinski definition) is 1. The average Bonchev–Trinajstić information content (AvgIpc) is 3.38. The molecule has 0 aliphatic carbocycles. The van der Waals surface area contributed by atoms with Crippen LogP contribution in [0.25, 0.3) is 0 Å². The van der Waals surface area contributed by atoms with Gasteiger partial charge < -0.3 is 10.1 Å². The van der Waals surface area contributed by atoms with Crippen molar-refractivity contribution in [3.8, 4) is 5.88 Å². The van der Waals surface area contributed by atoms with Crippen LogP contribution in [0.15, 0.2) is 70.4 Å². The highest BCUT2D eigenvalue weighted by Crippen LogP contribution is 2.26. The van der Waals surface area contributed by atoms with Crippen molar-refractivity contribution < 1.29 is 17.9 Å². The second kappa shape index (κ2) is 10.2. The molecule has 2 aromatic heterocycles. The zero-order valence-corrected chi connectivity index (χ0v) is 19.1. The van der Waals surface area contributed by atoms with E-state index in [0.717, 1.165) is 11.1 Å². The number of thiophene rings is 1. The van der Waals surface area contributed by atoms with Crippen molar-refractivity contribution in [1.29, 1.82) is 0 Å². The molecule has 9 heteroatoms. The first-order valence-electron chi connectivity index (χ1n) is 10.5. The van der Waals surface area contributed by atoms with Gasteiger partial charge in [-0.25, -0.2) is 13.4 Å². The molecular formula is C23H25N3O4S2. The monoisotopic (exact) mass is 471 g/mol. The number of nitrogens with zero attached hydrogens (tertiary/aromatic N) is 2. The molecular weight excluding hydrogens is 446 g/mol. The van der Waals surface area contributed by atoms with E-state index < -0.39 is 10.0 Å². The fourth-order valence-electron chi connectivity index (χ4n) is 3.62. The normalized spacial score (nSPS) is 17.1. The molecule has 1 aliphatic rings. The van der Waals surface area contributed by atoms with Crippen LogP contribution < -0.4 is 10.1 Å². The van der Waals surface area contributed by atoms with Crippen LogP contribution >= 0.6 is 11.3 Å². The predicted octanol–water partition coefficient (Wildman–Crippen LogP) is 3.44. The van der Waals surface area contributed by atoms with Crippen molar-refractivity contribution >= 4 is 27.3 Å². The van der Waals surface area contributed by atoms with Crippen LogP contribution in [0.2, 0.25) is 0 Å². The number of sulfonamides is 1. The van der Waals surface area contributed by atoms with Crippen LogP contribution in [0, 0.1) is 5.92 Å². The maximum atomic E-state index is 12.8. The Labute approximate surface area is 192 Å². The summed E-state index contributed by atoms with van der Waals surface area (Å²) in [5.41, 5.74) is 1.92. The van der Waals surface area contributed by atoms with Crippen LogP contribution in [0.5, 0.6) is 5.88 Å². The summed E-state index contributed by atoms with van der Waals surface area (Å²) in [6.45, 7) is 1.39. The van der Waals surface area contributed by atoms with E-state index in [9.17, 15) is 13.2 Å². The van der Waals surface area contributed by atoms with E-state index in [0.29, 0.717) is 42.6 Å². The Bertz CT molecular complexity index is 1140. The molecule has 1 amide bonds. The van der Waals surface area contributed by atoms with Gasteiger partial charge in [-0.15, -0.1) is 11.3 Å². The third-order valence-electron chi connectivity index (χ3n) is 5.34. The summed E-state index contributed by atoms with van der Waals surface area (Å²) in [6, 6.07) is 16.8. The predicted molar refractivity (Wildman–Crippen MR) is 123 cm³/mol. The molecule has 3 aromatic rings. The Hall–Kier alpha value is -2.75. The SMILES string of the molecule is O=C(NCc1ccnc(OCc2ccccc2)c1)C1CCCN(S(=O)(=O)c2cccs2)C1. The van der Waals surface area contributed by atoms with Gasteiger partial charge in [0, 0.05) is 31.9 Å². The lowest BCUT2D eigenvalue weighted by molar-refractivity contribution is -0.126. The number of aromatic nitrogens is 1. The van der Waals surface area contributed by atoms with Gasteiger partial charge in [-0.3, -0.25) is 4.79 Å². The number of nitrogens with one attached hydrogen (secondary N) is 1. The minimum atomic E-state index is -3.54. The summed E-state index contributed by atoms with van der Waals surface area (Å²) in [7, 11) is -3.54. The lowest BCUT2D eigenvalue weighted by atomic mass is 9.99. The summed E-state index contributed by atoms with van der Waals surface area (Å²) in [4.78, 5) is 17.0. The average molecular weight is 472 g/mol. The van der Waals surface area contributed by atoms with E-state index in [-0.39, 0.29) is 18.4 Å². The summed E-state index contributed by atoms with van der Waals surface area (Å²) < 4.78 is 33.1. The highest BCUT2D eigenvalue weighted by atomic mass is 32.2. The van der Waals surface area contributed by atoms with Gasteiger partial charge in [0.15, 0.2) is 0 Å². The van der Waals surface area contributed by atoms with E-state index in [1.807, 2.05) is 36.4 Å².